The van der Waals surface area contributed by atoms with E-state index in [4.69, 9.17) is 4.74 Å². The predicted molar refractivity (Wildman–Crippen MR) is 86.8 cm³/mol. The molecule has 1 atom stereocenters. The summed E-state index contributed by atoms with van der Waals surface area (Å²) in [6.07, 6.45) is 2.17. The Morgan fingerprint density at radius 2 is 2.00 bits per heavy atom. The summed E-state index contributed by atoms with van der Waals surface area (Å²) in [5.41, 5.74) is 1.00. The van der Waals surface area contributed by atoms with Gasteiger partial charge < -0.3 is 15.0 Å². The first-order valence-corrected chi connectivity index (χ1v) is 8.23. The quantitative estimate of drug-likeness (QED) is 0.909. The number of amides is 2. The molecule has 3 rings (SSSR count). The second-order valence-corrected chi connectivity index (χ2v) is 6.63. The molecule has 0 unspecified atom stereocenters. The number of methoxy groups -OCH3 is 1. The highest BCUT2D eigenvalue weighted by Crippen LogP contribution is 2.42. The molecular formula is C18H24N2O3. The Bertz CT molecular complexity index is 565. The number of benzene rings is 1. The van der Waals surface area contributed by atoms with Gasteiger partial charge in [-0.15, -0.1) is 0 Å². The van der Waals surface area contributed by atoms with Gasteiger partial charge in [0.15, 0.2) is 0 Å². The van der Waals surface area contributed by atoms with Gasteiger partial charge in [0, 0.05) is 32.2 Å². The van der Waals surface area contributed by atoms with Crippen LogP contribution in [0.4, 0.5) is 0 Å². The average molecular weight is 316 g/mol. The van der Waals surface area contributed by atoms with E-state index < -0.39 is 0 Å². The summed E-state index contributed by atoms with van der Waals surface area (Å²) in [5, 5.41) is 2.98. The lowest BCUT2D eigenvalue weighted by molar-refractivity contribution is -0.134. The van der Waals surface area contributed by atoms with Crippen LogP contribution in [0.15, 0.2) is 30.3 Å². The maximum atomic E-state index is 12.5. The van der Waals surface area contributed by atoms with E-state index in [1.165, 1.54) is 0 Å². The van der Waals surface area contributed by atoms with Crippen molar-refractivity contribution in [2.75, 3.05) is 33.4 Å². The first-order chi connectivity index (χ1) is 11.1. The van der Waals surface area contributed by atoms with Crippen LogP contribution in [0, 0.1) is 11.3 Å². The number of rotatable bonds is 4. The van der Waals surface area contributed by atoms with E-state index in [1.54, 1.807) is 7.11 Å². The third kappa shape index (κ3) is 3.24. The molecule has 5 nitrogen and oxygen atoms in total. The van der Waals surface area contributed by atoms with Crippen LogP contribution in [0.5, 0.6) is 0 Å². The maximum Gasteiger partial charge on any atom is 0.226 e. The summed E-state index contributed by atoms with van der Waals surface area (Å²) in [6, 6.07) is 9.84. The van der Waals surface area contributed by atoms with Gasteiger partial charge in [-0.25, -0.2) is 0 Å². The van der Waals surface area contributed by atoms with Crippen LogP contribution in [-0.4, -0.2) is 50.1 Å². The van der Waals surface area contributed by atoms with Crippen molar-refractivity contribution in [1.29, 1.82) is 0 Å². The normalized spacial score (nSPS) is 23.1. The summed E-state index contributed by atoms with van der Waals surface area (Å²) in [6.45, 7) is 2.62. The average Bonchev–Trinajstić information content (AvgIpc) is 2.86. The van der Waals surface area contributed by atoms with Gasteiger partial charge in [-0.05, 0) is 18.4 Å². The van der Waals surface area contributed by atoms with Gasteiger partial charge in [-0.1, -0.05) is 30.3 Å². The third-order valence-electron chi connectivity index (χ3n) is 5.31. The van der Waals surface area contributed by atoms with Gasteiger partial charge in [-0.2, -0.15) is 0 Å². The Kier molecular flexibility index (Phi) is 4.66. The molecule has 23 heavy (non-hydrogen) atoms. The zero-order chi connectivity index (χ0) is 16.3. The summed E-state index contributed by atoms with van der Waals surface area (Å²) < 4.78 is 5.24. The maximum absolute atomic E-state index is 12.5. The van der Waals surface area contributed by atoms with Crippen LogP contribution in [0.3, 0.4) is 0 Å². The number of hydrogen-bond acceptors (Lipinski definition) is 3. The summed E-state index contributed by atoms with van der Waals surface area (Å²) >= 11 is 0. The van der Waals surface area contributed by atoms with E-state index in [1.807, 2.05) is 35.2 Å². The number of carbonyl (C=O) groups is 2. The van der Waals surface area contributed by atoms with E-state index in [2.05, 4.69) is 5.32 Å². The number of nitrogens with zero attached hydrogens (tertiary/aromatic N) is 1. The molecule has 0 radical (unpaired) electrons. The van der Waals surface area contributed by atoms with Gasteiger partial charge >= 0.3 is 0 Å². The number of carbonyl (C=O) groups excluding carboxylic acids is 2. The summed E-state index contributed by atoms with van der Waals surface area (Å²) in [4.78, 5) is 26.4. The van der Waals surface area contributed by atoms with E-state index in [9.17, 15) is 9.59 Å². The third-order valence-corrected chi connectivity index (χ3v) is 5.31. The van der Waals surface area contributed by atoms with Gasteiger partial charge in [0.25, 0.3) is 0 Å². The highest BCUT2D eigenvalue weighted by atomic mass is 16.5. The van der Waals surface area contributed by atoms with Crippen LogP contribution < -0.4 is 5.32 Å². The number of nitrogens with one attached hydrogen (secondary N) is 1. The van der Waals surface area contributed by atoms with E-state index in [0.717, 1.165) is 31.5 Å². The van der Waals surface area contributed by atoms with Crippen LogP contribution in [0.1, 0.15) is 18.4 Å². The van der Waals surface area contributed by atoms with Crippen molar-refractivity contribution in [2.45, 2.75) is 19.3 Å². The molecule has 1 spiro atoms. The van der Waals surface area contributed by atoms with Crippen molar-refractivity contribution in [3.8, 4) is 0 Å². The van der Waals surface area contributed by atoms with Crippen molar-refractivity contribution in [3.63, 3.8) is 0 Å². The van der Waals surface area contributed by atoms with Gasteiger partial charge in [0.1, 0.15) is 0 Å². The molecule has 2 amide bonds. The van der Waals surface area contributed by atoms with Crippen LogP contribution >= 0.6 is 0 Å². The van der Waals surface area contributed by atoms with Crippen molar-refractivity contribution in [2.24, 2.45) is 11.3 Å². The highest BCUT2D eigenvalue weighted by molar-refractivity contribution is 5.82. The van der Waals surface area contributed by atoms with Crippen molar-refractivity contribution < 1.29 is 14.3 Å². The molecule has 0 aromatic heterocycles. The zero-order valence-corrected chi connectivity index (χ0v) is 13.6. The lowest BCUT2D eigenvalue weighted by Gasteiger charge is -2.41. The topological polar surface area (TPSA) is 58.6 Å². The summed E-state index contributed by atoms with van der Waals surface area (Å²) in [7, 11) is 1.64. The fraction of sp³-hybridized carbons (Fsp3) is 0.556. The van der Waals surface area contributed by atoms with Gasteiger partial charge in [0.2, 0.25) is 11.8 Å². The lowest BCUT2D eigenvalue weighted by atomic mass is 9.71. The number of ether oxygens (including phenoxy) is 1. The minimum atomic E-state index is -0.0844. The Morgan fingerprint density at radius 1 is 1.30 bits per heavy atom. The Balaban J connectivity index is 1.60. The first-order valence-electron chi connectivity index (χ1n) is 8.23. The molecule has 2 saturated heterocycles. The van der Waals surface area contributed by atoms with Crippen LogP contribution in [0.25, 0.3) is 0 Å². The molecule has 1 aromatic rings. The van der Waals surface area contributed by atoms with Crippen molar-refractivity contribution in [1.82, 2.24) is 10.2 Å². The van der Waals surface area contributed by atoms with E-state index >= 15 is 0 Å². The number of likely N-dealkylation sites (tertiary alicyclic amines) is 1. The highest BCUT2D eigenvalue weighted by Gasteiger charge is 2.49. The van der Waals surface area contributed by atoms with E-state index in [-0.39, 0.29) is 23.1 Å². The fourth-order valence-electron chi connectivity index (χ4n) is 3.82. The molecule has 0 bridgehead atoms. The second kappa shape index (κ2) is 6.71. The smallest absolute Gasteiger partial charge is 0.226 e. The fourth-order valence-corrected chi connectivity index (χ4v) is 3.82. The number of piperidine rings is 1. The molecular weight excluding hydrogens is 292 g/mol. The van der Waals surface area contributed by atoms with Gasteiger partial charge in [-0.3, -0.25) is 9.59 Å². The molecule has 1 aromatic carbocycles. The largest absolute Gasteiger partial charge is 0.384 e. The molecule has 1 N–H and O–H groups in total. The molecule has 0 saturated carbocycles. The molecule has 2 fully saturated rings. The van der Waals surface area contributed by atoms with Crippen molar-refractivity contribution >= 4 is 11.8 Å². The Labute approximate surface area is 137 Å². The van der Waals surface area contributed by atoms with Crippen LogP contribution in [-0.2, 0) is 20.7 Å². The number of hydrogen-bond donors (Lipinski definition) is 1. The predicted octanol–water partition coefficient (Wildman–Crippen LogP) is 1.23. The second-order valence-electron chi connectivity index (χ2n) is 6.63. The summed E-state index contributed by atoms with van der Waals surface area (Å²) in [5.74, 6) is 0.182. The standard InChI is InChI=1S/C18H24N2O3/c1-23-12-15-17(22)19-13-18(15)7-9-20(10-8-18)16(21)11-14-5-3-2-4-6-14/h2-6,15H,7-13H2,1H3,(H,19,22)/t15-/m0/s1. The van der Waals surface area contributed by atoms with Gasteiger partial charge in [0.05, 0.1) is 18.9 Å². The monoisotopic (exact) mass is 316 g/mol. The van der Waals surface area contributed by atoms with Crippen molar-refractivity contribution in [3.05, 3.63) is 35.9 Å². The minimum Gasteiger partial charge on any atom is -0.384 e. The zero-order valence-electron chi connectivity index (χ0n) is 13.6. The Hall–Kier alpha value is -1.88. The first kappa shape index (κ1) is 16.0. The molecule has 0 aliphatic carbocycles. The van der Waals surface area contributed by atoms with Crippen LogP contribution in [0.2, 0.25) is 0 Å². The molecule has 2 aliphatic rings. The lowest BCUT2D eigenvalue weighted by Crippen LogP contribution is -2.47. The molecule has 5 heteroatoms. The van der Waals surface area contributed by atoms with E-state index in [0.29, 0.717) is 19.6 Å². The molecule has 124 valence electrons. The minimum absolute atomic E-state index is 0.0450. The SMILES string of the molecule is COC[C@H]1C(=O)NCC12CCN(C(=O)Cc1ccccc1)CC2. The molecule has 2 heterocycles. The molecule has 2 aliphatic heterocycles. The Morgan fingerprint density at radius 3 is 2.65 bits per heavy atom.